The third-order valence-electron chi connectivity index (χ3n) is 15.0. The van der Waals surface area contributed by atoms with Gasteiger partial charge in [0.25, 0.3) is 0 Å². The van der Waals surface area contributed by atoms with Crippen LogP contribution >= 0.6 is 0 Å². The maximum atomic E-state index is 11.4. The molecule has 5 aromatic rings. The molecule has 2 nitrogen and oxygen atoms in total. The molecule has 2 saturated carbocycles. The lowest BCUT2D eigenvalue weighted by atomic mass is 9.61. The van der Waals surface area contributed by atoms with Crippen molar-refractivity contribution in [3.8, 4) is 11.5 Å². The molecule has 2 aliphatic carbocycles. The number of rotatable bonds is 11. The Morgan fingerprint density at radius 1 is 0.467 bits per heavy atom. The lowest BCUT2D eigenvalue weighted by Gasteiger charge is -2.42. The van der Waals surface area contributed by atoms with Gasteiger partial charge >= 0.3 is 0 Å². The van der Waals surface area contributed by atoms with Crippen LogP contribution in [0, 0.1) is 13.8 Å². The summed E-state index contributed by atoms with van der Waals surface area (Å²) >= 11 is 0. The molecule has 0 aromatic heterocycles. The maximum Gasteiger partial charge on any atom is 0.119 e. The average molecular weight is 803 g/mol. The summed E-state index contributed by atoms with van der Waals surface area (Å²) in [6.07, 6.45) is 15.7. The van der Waals surface area contributed by atoms with E-state index in [1.807, 2.05) is 12.1 Å². The highest BCUT2D eigenvalue weighted by Gasteiger charge is 2.42. The van der Waals surface area contributed by atoms with Crippen LogP contribution in [0.3, 0.4) is 0 Å². The van der Waals surface area contributed by atoms with Crippen molar-refractivity contribution in [2.45, 2.75) is 179 Å². The summed E-state index contributed by atoms with van der Waals surface area (Å²) in [5, 5.41) is 22.9. The first kappa shape index (κ1) is 43.8. The van der Waals surface area contributed by atoms with Crippen LogP contribution in [0.5, 0.6) is 11.5 Å². The molecule has 0 atom stereocenters. The molecule has 0 saturated heterocycles. The molecular weight excluding hydrogens is 729 g/mol. The van der Waals surface area contributed by atoms with Crippen molar-refractivity contribution in [1.29, 1.82) is 0 Å². The Bertz CT molecular complexity index is 2100. The van der Waals surface area contributed by atoms with Gasteiger partial charge in [-0.05, 0) is 155 Å². The third kappa shape index (κ3) is 9.15. The van der Waals surface area contributed by atoms with E-state index in [1.165, 1.54) is 114 Å². The van der Waals surface area contributed by atoms with Crippen molar-refractivity contribution in [2.24, 2.45) is 0 Å². The summed E-state index contributed by atoms with van der Waals surface area (Å²) in [6, 6.07) is 38.9. The molecular formula is C58H74O2. The molecule has 60 heavy (non-hydrogen) atoms. The molecule has 0 spiro atoms. The summed E-state index contributed by atoms with van der Waals surface area (Å²) in [4.78, 5) is 0. The molecule has 0 heterocycles. The Morgan fingerprint density at radius 2 is 0.900 bits per heavy atom. The Kier molecular flexibility index (Phi) is 12.8. The van der Waals surface area contributed by atoms with Crippen molar-refractivity contribution >= 4 is 0 Å². The summed E-state index contributed by atoms with van der Waals surface area (Å²) in [7, 11) is 0. The van der Waals surface area contributed by atoms with Crippen LogP contribution in [0.4, 0.5) is 0 Å². The van der Waals surface area contributed by atoms with Crippen LogP contribution in [0.1, 0.15) is 199 Å². The first-order valence-corrected chi connectivity index (χ1v) is 23.4. The summed E-state index contributed by atoms with van der Waals surface area (Å²) in [5.74, 6) is 1.93. The van der Waals surface area contributed by atoms with E-state index in [1.54, 1.807) is 0 Å². The fourth-order valence-corrected chi connectivity index (χ4v) is 11.3. The van der Waals surface area contributed by atoms with Crippen LogP contribution in [0.15, 0.2) is 103 Å². The van der Waals surface area contributed by atoms with Gasteiger partial charge in [0.15, 0.2) is 0 Å². The molecule has 7 rings (SSSR count). The predicted octanol–water partition coefficient (Wildman–Crippen LogP) is 15.7. The van der Waals surface area contributed by atoms with Gasteiger partial charge in [0.1, 0.15) is 11.5 Å². The Hall–Kier alpha value is -4.30. The molecule has 0 radical (unpaired) electrons. The minimum atomic E-state index is -0.492. The highest BCUT2D eigenvalue weighted by Crippen LogP contribution is 2.51. The zero-order chi connectivity index (χ0) is 42.9. The predicted molar refractivity (Wildman–Crippen MR) is 254 cm³/mol. The lowest BCUT2D eigenvalue weighted by Crippen LogP contribution is -2.36. The molecule has 2 heteroatoms. The lowest BCUT2D eigenvalue weighted by molar-refractivity contribution is 0.381. The van der Waals surface area contributed by atoms with Crippen LogP contribution in [0.2, 0.25) is 0 Å². The Morgan fingerprint density at radius 3 is 1.32 bits per heavy atom. The minimum Gasteiger partial charge on any atom is -0.508 e. The molecule has 2 N–H and O–H groups in total. The van der Waals surface area contributed by atoms with E-state index in [2.05, 4.69) is 153 Å². The van der Waals surface area contributed by atoms with E-state index in [4.69, 9.17) is 0 Å². The fraction of sp³-hybridized carbons (Fsp3) is 0.483. The topological polar surface area (TPSA) is 40.5 Å². The van der Waals surface area contributed by atoms with Crippen LogP contribution in [-0.4, -0.2) is 10.2 Å². The zero-order valence-electron chi connectivity index (χ0n) is 38.6. The summed E-state index contributed by atoms with van der Waals surface area (Å²) in [6.45, 7) is 20.5. The first-order valence-electron chi connectivity index (χ1n) is 23.4. The molecule has 0 unspecified atom stereocenters. The average Bonchev–Trinajstić information content (AvgIpc) is 3.23. The second kappa shape index (κ2) is 17.6. The van der Waals surface area contributed by atoms with Crippen molar-refractivity contribution in [3.05, 3.63) is 164 Å². The standard InChI is InChI=1S/C58H74O2/c1-40-25-27-45(43-21-15-11-16-22-43)35-49(40)57(9,50-36-46(28-26-41(50)2)44-23-17-12-18-24-44)33-34-58(39-42-19-13-10-14-20-42,47-29-31-53(59)51(37-47)55(3,4)5)48-30-32-54(60)52(38-48)56(6,7)8/h10,13-14,19-20,25-32,35-38,43-44,59-60H,11-12,15-18,21-24,33-34,39H2,1-9H3. The number of hydrogen-bond acceptors (Lipinski definition) is 2. The third-order valence-corrected chi connectivity index (χ3v) is 15.0. The SMILES string of the molecule is Cc1ccc(C2CCCCC2)cc1C(C)(CCC(Cc1ccccc1)(c1ccc(O)c(C(C)(C)C)c1)c1ccc(O)c(C(C)(C)C)c1)c1cc(C2CCCCC2)ccc1C. The maximum absolute atomic E-state index is 11.4. The quantitative estimate of drug-likeness (QED) is 0.140. The highest BCUT2D eigenvalue weighted by atomic mass is 16.3. The van der Waals surface area contributed by atoms with E-state index < -0.39 is 5.41 Å². The number of aryl methyl sites for hydroxylation is 2. The van der Waals surface area contributed by atoms with Gasteiger partial charge in [-0.25, -0.2) is 0 Å². The number of hydrogen-bond donors (Lipinski definition) is 2. The van der Waals surface area contributed by atoms with Gasteiger partial charge in [0.05, 0.1) is 0 Å². The van der Waals surface area contributed by atoms with Gasteiger partial charge in [-0.1, -0.05) is 178 Å². The van der Waals surface area contributed by atoms with Gasteiger partial charge in [0, 0.05) is 10.8 Å². The molecule has 0 bridgehead atoms. The van der Waals surface area contributed by atoms with Crippen LogP contribution < -0.4 is 0 Å². The van der Waals surface area contributed by atoms with E-state index >= 15 is 0 Å². The number of benzene rings is 5. The van der Waals surface area contributed by atoms with E-state index in [9.17, 15) is 10.2 Å². The van der Waals surface area contributed by atoms with Crippen molar-refractivity contribution in [1.82, 2.24) is 0 Å². The second-order valence-electron chi connectivity index (χ2n) is 21.4. The minimum absolute atomic E-state index is 0.258. The number of phenols is 2. The fourth-order valence-electron chi connectivity index (χ4n) is 11.3. The second-order valence-corrected chi connectivity index (χ2v) is 21.4. The summed E-state index contributed by atoms with van der Waals surface area (Å²) in [5.41, 5.74) is 13.0. The first-order chi connectivity index (χ1) is 28.5. The van der Waals surface area contributed by atoms with Crippen molar-refractivity contribution < 1.29 is 10.2 Å². The van der Waals surface area contributed by atoms with Gasteiger partial charge in [0.2, 0.25) is 0 Å². The monoisotopic (exact) mass is 803 g/mol. The van der Waals surface area contributed by atoms with E-state index in [0.717, 1.165) is 30.4 Å². The van der Waals surface area contributed by atoms with Crippen LogP contribution in [0.25, 0.3) is 0 Å². The summed E-state index contributed by atoms with van der Waals surface area (Å²) < 4.78 is 0. The molecule has 0 amide bonds. The Labute approximate surface area is 363 Å². The van der Waals surface area contributed by atoms with Gasteiger partial charge in [-0.3, -0.25) is 0 Å². The molecule has 0 aliphatic heterocycles. The van der Waals surface area contributed by atoms with Crippen molar-refractivity contribution in [3.63, 3.8) is 0 Å². The Balaban J connectivity index is 1.49. The number of phenolic OH excluding ortho intramolecular Hbond substituents is 2. The number of aromatic hydroxyl groups is 2. The molecule has 2 aliphatic rings. The van der Waals surface area contributed by atoms with Crippen molar-refractivity contribution in [2.75, 3.05) is 0 Å². The van der Waals surface area contributed by atoms with Gasteiger partial charge in [-0.2, -0.15) is 0 Å². The normalized spacial score (nSPS) is 16.3. The largest absolute Gasteiger partial charge is 0.508 e. The molecule has 2 fully saturated rings. The smallest absolute Gasteiger partial charge is 0.119 e. The molecule has 318 valence electrons. The zero-order valence-corrected chi connectivity index (χ0v) is 38.6. The van der Waals surface area contributed by atoms with E-state index in [-0.39, 0.29) is 16.2 Å². The van der Waals surface area contributed by atoms with Gasteiger partial charge < -0.3 is 10.2 Å². The van der Waals surface area contributed by atoms with E-state index in [0.29, 0.717) is 23.3 Å². The van der Waals surface area contributed by atoms with Gasteiger partial charge in [-0.15, -0.1) is 0 Å². The molecule has 5 aromatic carbocycles. The highest BCUT2D eigenvalue weighted by molar-refractivity contribution is 5.54. The van der Waals surface area contributed by atoms with Crippen LogP contribution in [-0.2, 0) is 28.1 Å².